The van der Waals surface area contributed by atoms with Crippen molar-refractivity contribution in [1.29, 1.82) is 0 Å². The Morgan fingerprint density at radius 2 is 2.07 bits per heavy atom. The molecule has 144 valence electrons. The standard InChI is InChI=1S/C19H21N7OS/c1-4-27-15-7-5-14(6-8-15)22-19-25-23-17(10-28-19)16-9-12(2)26(13(16)3)18-20-11-21-24-18/h5-9,11H,4,10H2,1-3H3,(H,22,25)(H,20,21,24). The summed E-state index contributed by atoms with van der Waals surface area (Å²) in [4.78, 5) is 8.86. The second-order valence-electron chi connectivity index (χ2n) is 6.23. The van der Waals surface area contributed by atoms with Crippen LogP contribution in [0.5, 0.6) is 5.75 Å². The molecular weight excluding hydrogens is 374 g/mol. The molecule has 0 saturated heterocycles. The average molecular weight is 395 g/mol. The van der Waals surface area contributed by atoms with E-state index < -0.39 is 0 Å². The first kappa shape index (κ1) is 18.3. The minimum atomic E-state index is 0.653. The van der Waals surface area contributed by atoms with Crippen LogP contribution < -0.4 is 10.2 Å². The molecule has 1 aromatic carbocycles. The summed E-state index contributed by atoms with van der Waals surface area (Å²) in [7, 11) is 0. The first-order valence-corrected chi connectivity index (χ1v) is 9.96. The van der Waals surface area contributed by atoms with E-state index in [1.165, 1.54) is 6.33 Å². The van der Waals surface area contributed by atoms with E-state index in [4.69, 9.17) is 4.74 Å². The van der Waals surface area contributed by atoms with Gasteiger partial charge in [0.2, 0.25) is 5.95 Å². The number of nitrogens with one attached hydrogen (secondary N) is 2. The molecule has 0 bridgehead atoms. The third-order valence-corrected chi connectivity index (χ3v) is 5.24. The summed E-state index contributed by atoms with van der Waals surface area (Å²) < 4.78 is 7.50. The molecule has 1 aliphatic heterocycles. The minimum Gasteiger partial charge on any atom is -0.494 e. The molecule has 2 N–H and O–H groups in total. The number of ether oxygens (including phenoxy) is 1. The Hall–Kier alpha value is -3.07. The predicted molar refractivity (Wildman–Crippen MR) is 112 cm³/mol. The van der Waals surface area contributed by atoms with E-state index in [2.05, 4.69) is 43.7 Å². The number of benzene rings is 1. The third-order valence-electron chi connectivity index (χ3n) is 4.37. The molecule has 0 atom stereocenters. The van der Waals surface area contributed by atoms with Crippen molar-refractivity contribution in [2.24, 2.45) is 10.1 Å². The van der Waals surface area contributed by atoms with E-state index in [0.717, 1.165) is 45.0 Å². The van der Waals surface area contributed by atoms with Gasteiger partial charge < -0.3 is 4.74 Å². The number of thioether (sulfide) groups is 1. The lowest BCUT2D eigenvalue weighted by Gasteiger charge is -2.15. The number of H-pyrrole nitrogens is 1. The predicted octanol–water partition coefficient (Wildman–Crippen LogP) is 3.34. The van der Waals surface area contributed by atoms with Crippen LogP contribution in [0, 0.1) is 13.8 Å². The molecule has 1 aliphatic rings. The topological polar surface area (TPSA) is 92.5 Å². The molecule has 0 fully saturated rings. The number of nitrogens with zero attached hydrogens (tertiary/aromatic N) is 5. The second-order valence-corrected chi connectivity index (χ2v) is 7.20. The van der Waals surface area contributed by atoms with E-state index in [1.807, 2.05) is 42.7 Å². The third kappa shape index (κ3) is 3.65. The fraction of sp³-hybridized carbons (Fsp3) is 0.263. The van der Waals surface area contributed by atoms with Crippen LogP contribution in [0.2, 0.25) is 0 Å². The summed E-state index contributed by atoms with van der Waals surface area (Å²) >= 11 is 1.63. The fourth-order valence-electron chi connectivity index (χ4n) is 3.10. The Bertz CT molecular complexity index is 1020. The summed E-state index contributed by atoms with van der Waals surface area (Å²) in [5.41, 5.74) is 8.15. The molecule has 9 heteroatoms. The summed E-state index contributed by atoms with van der Waals surface area (Å²) in [5.74, 6) is 2.29. The zero-order chi connectivity index (χ0) is 19.5. The highest BCUT2D eigenvalue weighted by Gasteiger charge is 2.20. The lowest BCUT2D eigenvalue weighted by molar-refractivity contribution is 0.340. The van der Waals surface area contributed by atoms with Gasteiger partial charge >= 0.3 is 0 Å². The molecule has 0 spiro atoms. The quantitative estimate of drug-likeness (QED) is 0.691. The van der Waals surface area contributed by atoms with E-state index in [0.29, 0.717) is 12.6 Å². The van der Waals surface area contributed by atoms with Gasteiger partial charge in [0.15, 0.2) is 5.17 Å². The van der Waals surface area contributed by atoms with Crippen LogP contribution in [0.25, 0.3) is 5.95 Å². The van der Waals surface area contributed by atoms with Crippen LogP contribution in [0.4, 0.5) is 5.69 Å². The van der Waals surface area contributed by atoms with E-state index in [1.54, 1.807) is 11.8 Å². The molecule has 0 unspecified atom stereocenters. The van der Waals surface area contributed by atoms with Crippen molar-refractivity contribution < 1.29 is 4.74 Å². The number of aromatic nitrogens is 4. The van der Waals surface area contributed by atoms with Gasteiger partial charge in [-0.25, -0.2) is 10.1 Å². The molecule has 0 saturated carbocycles. The van der Waals surface area contributed by atoms with E-state index >= 15 is 0 Å². The van der Waals surface area contributed by atoms with Gasteiger partial charge in [-0.15, -0.1) is 0 Å². The van der Waals surface area contributed by atoms with Gasteiger partial charge in [0.05, 0.1) is 18.0 Å². The maximum Gasteiger partial charge on any atom is 0.229 e. The number of amidine groups is 1. The molecule has 0 radical (unpaired) electrons. The van der Waals surface area contributed by atoms with Gasteiger partial charge in [0.1, 0.15) is 12.1 Å². The Labute approximate surface area is 167 Å². The van der Waals surface area contributed by atoms with Gasteiger partial charge in [-0.3, -0.25) is 9.99 Å². The lowest BCUT2D eigenvalue weighted by atomic mass is 10.1. The number of aliphatic imine (C=N–C) groups is 1. The largest absolute Gasteiger partial charge is 0.494 e. The molecule has 3 heterocycles. The SMILES string of the molecule is CCOc1ccc(N=C2NN=C(c3cc(C)n(-c4ncn[nH]4)c3C)CS2)cc1. The molecule has 0 aliphatic carbocycles. The van der Waals surface area contributed by atoms with Gasteiger partial charge in [0, 0.05) is 22.7 Å². The number of hydrazone groups is 1. The van der Waals surface area contributed by atoms with Crippen molar-refractivity contribution in [3.8, 4) is 11.7 Å². The normalized spacial score (nSPS) is 15.4. The first-order valence-electron chi connectivity index (χ1n) is 8.97. The number of rotatable bonds is 5. The Balaban J connectivity index is 1.52. The molecule has 3 aromatic rings. The van der Waals surface area contributed by atoms with Crippen LogP contribution in [0.1, 0.15) is 23.9 Å². The Morgan fingerprint density at radius 3 is 2.71 bits per heavy atom. The van der Waals surface area contributed by atoms with Gasteiger partial charge in [-0.2, -0.15) is 15.2 Å². The van der Waals surface area contributed by atoms with Crippen molar-refractivity contribution in [1.82, 2.24) is 25.2 Å². The zero-order valence-corrected chi connectivity index (χ0v) is 16.7. The average Bonchev–Trinajstić information content (AvgIpc) is 3.32. The maximum atomic E-state index is 5.46. The highest BCUT2D eigenvalue weighted by atomic mass is 32.2. The number of hydrogen-bond acceptors (Lipinski definition) is 6. The highest BCUT2D eigenvalue weighted by Crippen LogP contribution is 2.24. The molecule has 0 amide bonds. The van der Waals surface area contributed by atoms with Crippen LogP contribution in [-0.2, 0) is 0 Å². The molecular formula is C19H21N7OS. The van der Waals surface area contributed by atoms with Gasteiger partial charge in [0.25, 0.3) is 0 Å². The van der Waals surface area contributed by atoms with Crippen LogP contribution in [0.3, 0.4) is 0 Å². The summed E-state index contributed by atoms with van der Waals surface area (Å²) in [6.07, 6.45) is 1.51. The number of aryl methyl sites for hydroxylation is 1. The summed E-state index contributed by atoms with van der Waals surface area (Å²) in [5, 5.41) is 12.2. The van der Waals surface area contributed by atoms with Crippen LogP contribution >= 0.6 is 11.8 Å². The second kappa shape index (κ2) is 7.89. The van der Waals surface area contributed by atoms with Crippen molar-refractivity contribution in [3.63, 3.8) is 0 Å². The van der Waals surface area contributed by atoms with Crippen molar-refractivity contribution in [2.45, 2.75) is 20.8 Å². The smallest absolute Gasteiger partial charge is 0.229 e. The van der Waals surface area contributed by atoms with Gasteiger partial charge in [-0.1, -0.05) is 11.8 Å². The highest BCUT2D eigenvalue weighted by molar-refractivity contribution is 8.14. The van der Waals surface area contributed by atoms with Crippen LogP contribution in [0.15, 0.2) is 46.8 Å². The molecule has 8 nitrogen and oxygen atoms in total. The molecule has 4 rings (SSSR count). The molecule has 2 aromatic heterocycles. The zero-order valence-electron chi connectivity index (χ0n) is 15.9. The minimum absolute atomic E-state index is 0.653. The fourth-order valence-corrected chi connectivity index (χ4v) is 3.87. The van der Waals surface area contributed by atoms with Crippen molar-refractivity contribution >= 4 is 28.3 Å². The summed E-state index contributed by atoms with van der Waals surface area (Å²) in [6.45, 7) is 6.72. The molecule has 28 heavy (non-hydrogen) atoms. The van der Waals surface area contributed by atoms with Crippen molar-refractivity contribution in [3.05, 3.63) is 53.6 Å². The lowest BCUT2D eigenvalue weighted by Crippen LogP contribution is -2.25. The Morgan fingerprint density at radius 1 is 1.25 bits per heavy atom. The van der Waals surface area contributed by atoms with Crippen LogP contribution in [-0.4, -0.2) is 43.0 Å². The van der Waals surface area contributed by atoms with E-state index in [-0.39, 0.29) is 0 Å². The first-order chi connectivity index (χ1) is 13.7. The van der Waals surface area contributed by atoms with E-state index in [9.17, 15) is 0 Å². The Kier molecular flexibility index (Phi) is 5.16. The number of aromatic amines is 1. The van der Waals surface area contributed by atoms with Gasteiger partial charge in [-0.05, 0) is 51.1 Å². The monoisotopic (exact) mass is 395 g/mol. The van der Waals surface area contributed by atoms with Crippen molar-refractivity contribution in [2.75, 3.05) is 12.4 Å². The summed E-state index contributed by atoms with van der Waals surface area (Å²) in [6, 6.07) is 9.83. The maximum absolute atomic E-state index is 5.46. The number of hydrogen-bond donors (Lipinski definition) is 2.